The molecule has 2 rings (SSSR count). The molecule has 0 spiro atoms. The minimum Gasteiger partial charge on any atom is -0.379 e. The lowest BCUT2D eigenvalue weighted by molar-refractivity contribution is -0.122. The number of carbonyl (C=O) groups excluding carboxylic acids is 1. The van der Waals surface area contributed by atoms with Crippen molar-refractivity contribution in [3.05, 3.63) is 0 Å². The van der Waals surface area contributed by atoms with Crippen LogP contribution in [0.1, 0.15) is 39.0 Å². The minimum absolute atomic E-state index is 0.136. The normalized spacial score (nSPS) is 19.7. The molecule has 7 nitrogen and oxygen atoms in total. The first-order valence-electron chi connectivity index (χ1n) is 9.75. The lowest BCUT2D eigenvalue weighted by Crippen LogP contribution is -2.50. The molecule has 25 heavy (non-hydrogen) atoms. The van der Waals surface area contributed by atoms with Crippen LogP contribution < -0.4 is 16.0 Å². The summed E-state index contributed by atoms with van der Waals surface area (Å²) < 4.78 is 5.63. The van der Waals surface area contributed by atoms with Gasteiger partial charge in [0.2, 0.25) is 5.91 Å². The zero-order valence-electron chi connectivity index (χ0n) is 15.9. The van der Waals surface area contributed by atoms with Crippen molar-refractivity contribution >= 4 is 11.9 Å². The van der Waals surface area contributed by atoms with Crippen LogP contribution >= 0.6 is 0 Å². The lowest BCUT2D eigenvalue weighted by Gasteiger charge is -2.32. The van der Waals surface area contributed by atoms with Crippen LogP contribution in [0.3, 0.4) is 0 Å². The summed E-state index contributed by atoms with van der Waals surface area (Å²) in [4.78, 5) is 18.3. The zero-order chi connectivity index (χ0) is 17.9. The highest BCUT2D eigenvalue weighted by molar-refractivity contribution is 5.80. The van der Waals surface area contributed by atoms with Gasteiger partial charge in [0, 0.05) is 45.9 Å². The number of aliphatic imine (C=N–C) groups is 1. The van der Waals surface area contributed by atoms with Gasteiger partial charge in [0.25, 0.3) is 0 Å². The van der Waals surface area contributed by atoms with Crippen molar-refractivity contribution in [2.75, 3.05) is 53.0 Å². The summed E-state index contributed by atoms with van der Waals surface area (Å²) in [7, 11) is 1.80. The predicted molar refractivity (Wildman–Crippen MR) is 101 cm³/mol. The van der Waals surface area contributed by atoms with E-state index in [0.717, 1.165) is 70.5 Å². The number of nitrogens with zero attached hydrogens (tertiary/aromatic N) is 2. The molecule has 0 bridgehead atoms. The van der Waals surface area contributed by atoms with Crippen LogP contribution in [-0.2, 0) is 9.53 Å². The van der Waals surface area contributed by atoms with Crippen molar-refractivity contribution < 1.29 is 9.53 Å². The second-order valence-electron chi connectivity index (χ2n) is 7.06. The molecule has 0 radical (unpaired) electrons. The molecule has 1 aliphatic carbocycles. The van der Waals surface area contributed by atoms with E-state index in [1.165, 1.54) is 12.8 Å². The van der Waals surface area contributed by atoms with Crippen LogP contribution in [0.15, 0.2) is 4.99 Å². The van der Waals surface area contributed by atoms with E-state index < -0.39 is 0 Å². The molecule has 7 heteroatoms. The maximum atomic E-state index is 11.8. The highest BCUT2D eigenvalue weighted by atomic mass is 16.5. The summed E-state index contributed by atoms with van der Waals surface area (Å²) in [5, 5.41) is 9.73. The Hall–Kier alpha value is -1.34. The number of piperidine rings is 1. The third-order valence-corrected chi connectivity index (χ3v) is 4.68. The molecule has 1 saturated carbocycles. The van der Waals surface area contributed by atoms with Crippen LogP contribution in [0.5, 0.6) is 0 Å². The first-order chi connectivity index (χ1) is 12.2. The molecular weight excluding hydrogens is 318 g/mol. The van der Waals surface area contributed by atoms with Crippen LogP contribution in [0.2, 0.25) is 0 Å². The van der Waals surface area contributed by atoms with Gasteiger partial charge < -0.3 is 20.7 Å². The number of amides is 1. The molecule has 1 aliphatic heterocycles. The van der Waals surface area contributed by atoms with Crippen molar-refractivity contribution in [2.24, 2.45) is 10.9 Å². The van der Waals surface area contributed by atoms with Gasteiger partial charge in [-0.15, -0.1) is 0 Å². The van der Waals surface area contributed by atoms with Gasteiger partial charge in [0.1, 0.15) is 0 Å². The van der Waals surface area contributed by atoms with E-state index in [2.05, 4.69) is 32.8 Å². The molecule has 3 N–H and O–H groups in total. The highest BCUT2D eigenvalue weighted by Gasteiger charge is 2.22. The maximum Gasteiger partial charge on any atom is 0.234 e. The quantitative estimate of drug-likeness (QED) is 0.304. The lowest BCUT2D eigenvalue weighted by atomic mass is 10.1. The Morgan fingerprint density at radius 3 is 2.56 bits per heavy atom. The molecule has 144 valence electrons. The van der Waals surface area contributed by atoms with Gasteiger partial charge in [0.15, 0.2) is 5.96 Å². The minimum atomic E-state index is 0.136. The van der Waals surface area contributed by atoms with E-state index in [1.54, 1.807) is 7.05 Å². The molecule has 0 aromatic rings. The number of rotatable bonds is 10. The van der Waals surface area contributed by atoms with E-state index in [4.69, 9.17) is 4.74 Å². The number of ether oxygens (including phenoxy) is 1. The van der Waals surface area contributed by atoms with Crippen LogP contribution in [0, 0.1) is 5.92 Å². The summed E-state index contributed by atoms with van der Waals surface area (Å²) in [5.41, 5.74) is 0. The van der Waals surface area contributed by atoms with Crippen molar-refractivity contribution in [3.63, 3.8) is 0 Å². The standard InChI is InChI=1S/C18H35N5O2/c1-3-8-20-17(24)13-23-10-6-16(7-11-23)22-18(19-2)21-9-12-25-14-15-4-5-15/h15-16H,3-14H2,1-2H3,(H,20,24)(H2,19,21,22). The number of nitrogens with one attached hydrogen (secondary N) is 3. The molecule has 1 amide bonds. The average Bonchev–Trinajstić information content (AvgIpc) is 3.44. The first kappa shape index (κ1) is 20.0. The number of hydrogen-bond acceptors (Lipinski definition) is 4. The Bertz CT molecular complexity index is 418. The fraction of sp³-hybridized carbons (Fsp3) is 0.889. The van der Waals surface area contributed by atoms with Gasteiger partial charge in [-0.1, -0.05) is 6.92 Å². The molecule has 2 fully saturated rings. The van der Waals surface area contributed by atoms with Crippen molar-refractivity contribution in [1.82, 2.24) is 20.9 Å². The second kappa shape index (κ2) is 11.3. The van der Waals surface area contributed by atoms with E-state index in [0.29, 0.717) is 12.6 Å². The Labute approximate surface area is 152 Å². The van der Waals surface area contributed by atoms with Crippen molar-refractivity contribution in [2.45, 2.75) is 45.1 Å². The Morgan fingerprint density at radius 1 is 1.16 bits per heavy atom. The maximum absolute atomic E-state index is 11.8. The summed E-state index contributed by atoms with van der Waals surface area (Å²) in [5.74, 6) is 1.79. The topological polar surface area (TPSA) is 78.0 Å². The van der Waals surface area contributed by atoms with E-state index >= 15 is 0 Å². The Balaban J connectivity index is 1.55. The molecule has 0 unspecified atom stereocenters. The van der Waals surface area contributed by atoms with E-state index in [9.17, 15) is 4.79 Å². The zero-order valence-corrected chi connectivity index (χ0v) is 15.9. The summed E-state index contributed by atoms with van der Waals surface area (Å²) >= 11 is 0. The van der Waals surface area contributed by atoms with Gasteiger partial charge in [0.05, 0.1) is 13.2 Å². The SMILES string of the molecule is CCCNC(=O)CN1CCC(NC(=NC)NCCOCC2CC2)CC1. The third-order valence-electron chi connectivity index (χ3n) is 4.68. The van der Waals surface area contributed by atoms with Gasteiger partial charge >= 0.3 is 0 Å². The number of guanidine groups is 1. The number of likely N-dealkylation sites (tertiary alicyclic amines) is 1. The molecule has 1 saturated heterocycles. The average molecular weight is 354 g/mol. The fourth-order valence-corrected chi connectivity index (χ4v) is 2.92. The van der Waals surface area contributed by atoms with Crippen LogP contribution in [0.25, 0.3) is 0 Å². The van der Waals surface area contributed by atoms with Gasteiger partial charge in [-0.05, 0) is 38.0 Å². The first-order valence-corrected chi connectivity index (χ1v) is 9.75. The Kier molecular flexibility index (Phi) is 9.04. The third kappa shape index (κ3) is 8.54. The summed E-state index contributed by atoms with van der Waals surface area (Å²) in [6.45, 7) is 7.64. The molecular formula is C18H35N5O2. The van der Waals surface area contributed by atoms with Crippen LogP contribution in [0.4, 0.5) is 0 Å². The monoisotopic (exact) mass is 353 g/mol. The van der Waals surface area contributed by atoms with E-state index in [-0.39, 0.29) is 5.91 Å². The predicted octanol–water partition coefficient (Wildman–Crippen LogP) is 0.569. The highest BCUT2D eigenvalue weighted by Crippen LogP contribution is 2.28. The number of hydrogen-bond donors (Lipinski definition) is 3. The molecule has 0 aromatic carbocycles. The molecule has 0 atom stereocenters. The Morgan fingerprint density at radius 2 is 1.92 bits per heavy atom. The van der Waals surface area contributed by atoms with Crippen molar-refractivity contribution in [3.8, 4) is 0 Å². The fourth-order valence-electron chi connectivity index (χ4n) is 2.92. The van der Waals surface area contributed by atoms with Gasteiger partial charge in [-0.3, -0.25) is 14.7 Å². The smallest absolute Gasteiger partial charge is 0.234 e. The van der Waals surface area contributed by atoms with Gasteiger partial charge in [-0.25, -0.2) is 0 Å². The second-order valence-corrected chi connectivity index (χ2v) is 7.06. The summed E-state index contributed by atoms with van der Waals surface area (Å²) in [6, 6.07) is 0.411. The molecule has 0 aromatic heterocycles. The largest absolute Gasteiger partial charge is 0.379 e. The molecule has 2 aliphatic rings. The number of carbonyl (C=O) groups is 1. The van der Waals surface area contributed by atoms with E-state index in [1.807, 2.05) is 0 Å². The van der Waals surface area contributed by atoms with Crippen molar-refractivity contribution in [1.29, 1.82) is 0 Å². The van der Waals surface area contributed by atoms with Crippen LogP contribution in [-0.4, -0.2) is 75.8 Å². The molecule has 1 heterocycles. The summed E-state index contributed by atoms with van der Waals surface area (Å²) in [6.07, 6.45) is 5.70. The van der Waals surface area contributed by atoms with Gasteiger partial charge in [-0.2, -0.15) is 0 Å².